The Bertz CT molecular complexity index is 1770. The molecule has 6 rings (SSSR count). The van der Waals surface area contributed by atoms with Crippen molar-refractivity contribution in [2.75, 3.05) is 28.3 Å². The van der Waals surface area contributed by atoms with Crippen LogP contribution in [0.1, 0.15) is 39.2 Å². The number of fused-ring (bicyclic) bond motifs is 2. The molecule has 0 spiro atoms. The Morgan fingerprint density at radius 3 is 2.74 bits per heavy atom. The van der Waals surface area contributed by atoms with Crippen LogP contribution in [0.15, 0.2) is 45.7 Å². The molecule has 2 aromatic carbocycles. The molecule has 2 N–H and O–H groups in total. The van der Waals surface area contributed by atoms with E-state index in [-0.39, 0.29) is 40.8 Å². The topological polar surface area (TPSA) is 150 Å². The van der Waals surface area contributed by atoms with Crippen LogP contribution >= 0.6 is 0 Å². The molecule has 1 amide bonds. The van der Waals surface area contributed by atoms with Gasteiger partial charge < -0.3 is 24.1 Å². The number of H-pyrrole nitrogens is 1. The zero-order valence-corrected chi connectivity index (χ0v) is 23.2. The minimum atomic E-state index is -0.764. The lowest BCUT2D eigenvalue weighted by Gasteiger charge is -2.45. The number of aromatic nitrogens is 3. The van der Waals surface area contributed by atoms with Crippen LogP contribution in [0, 0.1) is 17.1 Å². The maximum atomic E-state index is 14.6. The minimum absolute atomic E-state index is 0.0132. The number of hydrogen-bond donors (Lipinski definition) is 2. The Hall–Kier alpha value is -4.96. The van der Waals surface area contributed by atoms with Gasteiger partial charge in [0.2, 0.25) is 5.95 Å². The van der Waals surface area contributed by atoms with Gasteiger partial charge in [-0.3, -0.25) is 14.7 Å². The fourth-order valence-electron chi connectivity index (χ4n) is 5.41. The number of amides is 1. The van der Waals surface area contributed by atoms with E-state index in [2.05, 4.69) is 21.4 Å². The van der Waals surface area contributed by atoms with Crippen molar-refractivity contribution in [3.8, 4) is 11.8 Å². The Balaban J connectivity index is 1.43. The van der Waals surface area contributed by atoms with Gasteiger partial charge in [-0.15, -0.1) is 0 Å². The van der Waals surface area contributed by atoms with Crippen molar-refractivity contribution in [1.82, 2.24) is 15.0 Å². The smallest absolute Gasteiger partial charge is 0.417 e. The SMILES string of the molecule is CC(C)Oc1ccc(N2C(=O)[C@@H](C)N(C3CCOCC3)c3nc(Nc4cc(F)c5[nH]c(=O)oc5c4)ncc32)cc1C#N. The summed E-state index contributed by atoms with van der Waals surface area (Å²) in [4.78, 5) is 40.5. The zero-order valence-electron chi connectivity index (χ0n) is 23.2. The molecule has 2 aliphatic heterocycles. The molecule has 1 saturated heterocycles. The van der Waals surface area contributed by atoms with Crippen molar-refractivity contribution in [2.45, 2.75) is 51.8 Å². The van der Waals surface area contributed by atoms with Gasteiger partial charge >= 0.3 is 5.76 Å². The number of nitrogens with zero attached hydrogens (tertiary/aromatic N) is 5. The Morgan fingerprint density at radius 2 is 2.00 bits per heavy atom. The Morgan fingerprint density at radius 1 is 1.21 bits per heavy atom. The van der Waals surface area contributed by atoms with E-state index in [0.717, 1.165) is 0 Å². The lowest BCUT2D eigenvalue weighted by molar-refractivity contribution is -0.119. The van der Waals surface area contributed by atoms with Gasteiger partial charge in [-0.1, -0.05) is 0 Å². The van der Waals surface area contributed by atoms with E-state index in [4.69, 9.17) is 18.9 Å². The van der Waals surface area contributed by atoms with Gasteiger partial charge in [0, 0.05) is 31.0 Å². The van der Waals surface area contributed by atoms with Crippen LogP contribution in [0.3, 0.4) is 0 Å². The molecule has 4 heterocycles. The number of benzene rings is 2. The molecule has 216 valence electrons. The van der Waals surface area contributed by atoms with Gasteiger partial charge in [0.05, 0.1) is 23.6 Å². The van der Waals surface area contributed by atoms with Gasteiger partial charge in [0.1, 0.15) is 29.1 Å². The summed E-state index contributed by atoms with van der Waals surface area (Å²) in [5, 5.41) is 12.8. The molecule has 2 aromatic heterocycles. The van der Waals surface area contributed by atoms with Crippen molar-refractivity contribution in [3.05, 3.63) is 58.5 Å². The molecule has 0 radical (unpaired) electrons. The second-order valence-electron chi connectivity index (χ2n) is 10.4. The highest BCUT2D eigenvalue weighted by Crippen LogP contribution is 2.42. The first-order chi connectivity index (χ1) is 20.2. The van der Waals surface area contributed by atoms with Gasteiger partial charge in [0.25, 0.3) is 5.91 Å². The number of ether oxygens (including phenoxy) is 2. The number of carbonyl (C=O) groups excluding carboxylic acids is 1. The van der Waals surface area contributed by atoms with Crippen molar-refractivity contribution in [2.24, 2.45) is 0 Å². The van der Waals surface area contributed by atoms with Gasteiger partial charge in [0.15, 0.2) is 17.2 Å². The zero-order chi connectivity index (χ0) is 29.5. The molecule has 2 aliphatic rings. The van der Waals surface area contributed by atoms with E-state index >= 15 is 0 Å². The van der Waals surface area contributed by atoms with Crippen LogP contribution in [0.5, 0.6) is 5.75 Å². The van der Waals surface area contributed by atoms with E-state index in [1.54, 1.807) is 18.2 Å². The monoisotopic (exact) mass is 573 g/mol. The van der Waals surface area contributed by atoms with E-state index in [1.165, 1.54) is 23.2 Å². The number of carbonyl (C=O) groups is 1. The third kappa shape index (κ3) is 4.90. The van der Waals surface area contributed by atoms with Gasteiger partial charge in [-0.2, -0.15) is 10.2 Å². The van der Waals surface area contributed by atoms with Crippen LogP contribution in [0.25, 0.3) is 11.1 Å². The average molecular weight is 574 g/mol. The first kappa shape index (κ1) is 27.2. The summed E-state index contributed by atoms with van der Waals surface area (Å²) in [6.45, 7) is 6.68. The Kier molecular flexibility index (Phi) is 6.99. The van der Waals surface area contributed by atoms with E-state index in [9.17, 15) is 19.2 Å². The molecule has 1 fully saturated rings. The number of rotatable bonds is 6. The summed E-state index contributed by atoms with van der Waals surface area (Å²) in [5.41, 5.74) is 1.50. The molecule has 4 aromatic rings. The molecule has 13 heteroatoms. The second-order valence-corrected chi connectivity index (χ2v) is 10.4. The maximum absolute atomic E-state index is 14.6. The van der Waals surface area contributed by atoms with Crippen molar-refractivity contribution < 1.29 is 23.1 Å². The van der Waals surface area contributed by atoms with Crippen LogP contribution in [0.4, 0.5) is 33.2 Å². The van der Waals surface area contributed by atoms with E-state index in [0.29, 0.717) is 54.6 Å². The highest BCUT2D eigenvalue weighted by molar-refractivity contribution is 6.10. The summed E-state index contributed by atoms with van der Waals surface area (Å²) >= 11 is 0. The number of nitrogens with one attached hydrogen (secondary N) is 2. The van der Waals surface area contributed by atoms with Crippen LogP contribution in [-0.2, 0) is 9.53 Å². The molecule has 0 bridgehead atoms. The average Bonchev–Trinajstić information content (AvgIpc) is 3.35. The molecule has 42 heavy (non-hydrogen) atoms. The third-order valence-electron chi connectivity index (χ3n) is 7.26. The predicted molar refractivity (Wildman–Crippen MR) is 152 cm³/mol. The number of nitriles is 1. The van der Waals surface area contributed by atoms with Crippen molar-refractivity contribution in [3.63, 3.8) is 0 Å². The molecular formula is C29H28FN7O5. The normalized spacial score (nSPS) is 17.4. The summed E-state index contributed by atoms with van der Waals surface area (Å²) in [6.07, 6.45) is 2.81. The van der Waals surface area contributed by atoms with Crippen LogP contribution < -0.4 is 25.6 Å². The quantitative estimate of drug-likeness (QED) is 0.337. The number of aromatic amines is 1. The first-order valence-electron chi connectivity index (χ1n) is 13.6. The minimum Gasteiger partial charge on any atom is -0.490 e. The molecule has 1 atom stereocenters. The molecule has 0 saturated carbocycles. The molecule has 0 unspecified atom stereocenters. The summed E-state index contributed by atoms with van der Waals surface area (Å²) in [5.74, 6) is -0.554. The highest BCUT2D eigenvalue weighted by atomic mass is 19.1. The van der Waals surface area contributed by atoms with E-state index < -0.39 is 17.6 Å². The third-order valence-corrected chi connectivity index (χ3v) is 7.26. The van der Waals surface area contributed by atoms with Gasteiger partial charge in [-0.05, 0) is 57.9 Å². The highest BCUT2D eigenvalue weighted by Gasteiger charge is 2.41. The largest absolute Gasteiger partial charge is 0.490 e. The van der Waals surface area contributed by atoms with E-state index in [1.807, 2.05) is 25.7 Å². The Labute approximate surface area is 239 Å². The number of oxazole rings is 1. The molecule has 0 aliphatic carbocycles. The number of halogens is 1. The summed E-state index contributed by atoms with van der Waals surface area (Å²) in [6, 6.07) is 9.25. The molecular weight excluding hydrogens is 545 g/mol. The lowest BCUT2D eigenvalue weighted by atomic mass is 10.0. The van der Waals surface area contributed by atoms with Crippen molar-refractivity contribution in [1.29, 1.82) is 5.26 Å². The second kappa shape index (κ2) is 10.8. The van der Waals surface area contributed by atoms with Crippen LogP contribution in [0.2, 0.25) is 0 Å². The lowest BCUT2D eigenvalue weighted by Crippen LogP contribution is -2.56. The first-order valence-corrected chi connectivity index (χ1v) is 13.6. The summed E-state index contributed by atoms with van der Waals surface area (Å²) < 4.78 is 31.0. The van der Waals surface area contributed by atoms with Crippen LogP contribution in [-0.4, -0.2) is 52.3 Å². The maximum Gasteiger partial charge on any atom is 0.417 e. The summed E-state index contributed by atoms with van der Waals surface area (Å²) in [7, 11) is 0. The van der Waals surface area contributed by atoms with Crippen molar-refractivity contribution >= 4 is 45.8 Å². The van der Waals surface area contributed by atoms with Gasteiger partial charge in [-0.25, -0.2) is 14.2 Å². The number of anilines is 5. The molecule has 12 nitrogen and oxygen atoms in total. The predicted octanol–water partition coefficient (Wildman–Crippen LogP) is 4.50. The standard InChI is InChI=1S/C29H28FN7O5/c1-15(2)41-23-5-4-20(10-17(23)13-31)37-22-14-32-28(33-18-11-21(30)25-24(12-18)42-29(39)34-25)35-26(22)36(16(3)27(37)38)19-6-8-40-9-7-19/h4-5,10-12,14-16,19H,6-9H2,1-3H3,(H,34,39)(H,32,33,35)/t16-/m1/s1. The number of hydrogen-bond acceptors (Lipinski definition) is 10. The fraction of sp³-hybridized carbons (Fsp3) is 0.345. The fourth-order valence-corrected chi connectivity index (χ4v) is 5.41.